The molecule has 0 aliphatic heterocycles. The summed E-state index contributed by atoms with van der Waals surface area (Å²) in [6, 6.07) is 7.35. The molecule has 18 heavy (non-hydrogen) atoms. The Labute approximate surface area is 108 Å². The van der Waals surface area contributed by atoms with Crippen LogP contribution < -0.4 is 4.74 Å². The molecule has 0 spiro atoms. The molecule has 6 heteroatoms. The van der Waals surface area contributed by atoms with E-state index in [1.165, 1.54) is 0 Å². The first kappa shape index (κ1) is 15.2. The standard InChI is InChI=1S/C12H19O5P/c1-4-15-18(13,16-5-2)17-10-11-8-6-7-9-12(11)14-3/h6-9H,4-5,10H2,1-3H3. The molecule has 0 heterocycles. The molecule has 0 saturated carbocycles. The fourth-order valence-corrected chi connectivity index (χ4v) is 2.55. The van der Waals surface area contributed by atoms with Crippen molar-refractivity contribution in [2.24, 2.45) is 0 Å². The van der Waals surface area contributed by atoms with E-state index in [9.17, 15) is 4.57 Å². The Morgan fingerprint density at radius 2 is 1.67 bits per heavy atom. The molecule has 0 unspecified atom stereocenters. The van der Waals surface area contributed by atoms with E-state index in [-0.39, 0.29) is 19.8 Å². The number of phosphoric acid groups is 1. The van der Waals surface area contributed by atoms with Crippen molar-refractivity contribution in [1.29, 1.82) is 0 Å². The Bertz CT molecular complexity index is 397. The summed E-state index contributed by atoms with van der Waals surface area (Å²) in [5, 5.41) is 0. The van der Waals surface area contributed by atoms with E-state index in [0.29, 0.717) is 5.75 Å². The number of methoxy groups -OCH3 is 1. The van der Waals surface area contributed by atoms with Crippen LogP contribution in [0.4, 0.5) is 0 Å². The third-order valence-electron chi connectivity index (χ3n) is 2.15. The van der Waals surface area contributed by atoms with Crippen molar-refractivity contribution in [2.75, 3.05) is 20.3 Å². The molecule has 0 aliphatic rings. The molecule has 0 fully saturated rings. The van der Waals surface area contributed by atoms with Gasteiger partial charge in [-0.25, -0.2) is 4.57 Å². The fourth-order valence-electron chi connectivity index (χ4n) is 1.40. The van der Waals surface area contributed by atoms with Gasteiger partial charge in [0.25, 0.3) is 0 Å². The predicted octanol–water partition coefficient (Wildman–Crippen LogP) is 3.39. The summed E-state index contributed by atoms with van der Waals surface area (Å²) in [6.07, 6.45) is 0. The molecular weight excluding hydrogens is 255 g/mol. The maximum absolute atomic E-state index is 12.1. The van der Waals surface area contributed by atoms with Gasteiger partial charge in [-0.15, -0.1) is 0 Å². The molecule has 0 saturated heterocycles. The summed E-state index contributed by atoms with van der Waals surface area (Å²) in [6.45, 7) is 4.12. The van der Waals surface area contributed by atoms with Crippen LogP contribution in [-0.4, -0.2) is 20.3 Å². The zero-order chi connectivity index (χ0) is 13.4. The summed E-state index contributed by atoms with van der Waals surface area (Å²) in [7, 11) is -1.90. The molecule has 0 N–H and O–H groups in total. The SMILES string of the molecule is CCOP(=O)(OCC)OCc1ccccc1OC. The largest absolute Gasteiger partial charge is 0.496 e. The highest BCUT2D eigenvalue weighted by molar-refractivity contribution is 7.48. The second-order valence-corrected chi connectivity index (χ2v) is 5.04. The van der Waals surface area contributed by atoms with E-state index in [1.54, 1.807) is 21.0 Å². The van der Waals surface area contributed by atoms with Crippen molar-refractivity contribution in [3.63, 3.8) is 0 Å². The molecule has 1 aromatic rings. The minimum atomic E-state index is -3.47. The van der Waals surface area contributed by atoms with E-state index in [1.807, 2.05) is 24.3 Å². The van der Waals surface area contributed by atoms with Crippen molar-refractivity contribution in [1.82, 2.24) is 0 Å². The quantitative estimate of drug-likeness (QED) is 0.680. The lowest BCUT2D eigenvalue weighted by Crippen LogP contribution is -2.01. The lowest BCUT2D eigenvalue weighted by atomic mass is 10.2. The van der Waals surface area contributed by atoms with Crippen LogP contribution in [0.15, 0.2) is 24.3 Å². The first-order valence-corrected chi connectivity index (χ1v) is 7.26. The van der Waals surface area contributed by atoms with E-state index >= 15 is 0 Å². The maximum Gasteiger partial charge on any atom is 0.475 e. The zero-order valence-corrected chi connectivity index (χ0v) is 11.8. The number of hydrogen-bond acceptors (Lipinski definition) is 5. The summed E-state index contributed by atoms with van der Waals surface area (Å²) in [5.41, 5.74) is 0.791. The van der Waals surface area contributed by atoms with Gasteiger partial charge in [0.1, 0.15) is 5.75 Å². The molecule has 1 rings (SSSR count). The Hall–Kier alpha value is -0.870. The van der Waals surface area contributed by atoms with E-state index in [4.69, 9.17) is 18.3 Å². The number of ether oxygens (including phenoxy) is 1. The topological polar surface area (TPSA) is 54.0 Å². The summed E-state index contributed by atoms with van der Waals surface area (Å²) >= 11 is 0. The van der Waals surface area contributed by atoms with Crippen LogP contribution >= 0.6 is 7.82 Å². The van der Waals surface area contributed by atoms with Crippen LogP contribution in [0.2, 0.25) is 0 Å². The molecule has 0 aromatic heterocycles. The van der Waals surface area contributed by atoms with Crippen LogP contribution in [0.3, 0.4) is 0 Å². The number of benzene rings is 1. The molecular formula is C12H19O5P. The van der Waals surface area contributed by atoms with Gasteiger partial charge < -0.3 is 4.74 Å². The average Bonchev–Trinajstić information content (AvgIpc) is 2.37. The first-order chi connectivity index (χ1) is 8.65. The normalized spacial score (nSPS) is 11.5. The smallest absolute Gasteiger partial charge is 0.475 e. The van der Waals surface area contributed by atoms with Gasteiger partial charge in [0.05, 0.1) is 26.9 Å². The van der Waals surface area contributed by atoms with Gasteiger partial charge in [0, 0.05) is 5.56 Å². The summed E-state index contributed by atoms with van der Waals surface area (Å²) in [4.78, 5) is 0. The number of para-hydroxylation sites is 1. The predicted molar refractivity (Wildman–Crippen MR) is 68.6 cm³/mol. The minimum absolute atomic E-state index is 0.112. The monoisotopic (exact) mass is 274 g/mol. The van der Waals surface area contributed by atoms with Crippen molar-refractivity contribution in [3.05, 3.63) is 29.8 Å². The van der Waals surface area contributed by atoms with Crippen LogP contribution in [0.25, 0.3) is 0 Å². The molecule has 0 radical (unpaired) electrons. The molecule has 0 atom stereocenters. The van der Waals surface area contributed by atoms with Crippen molar-refractivity contribution >= 4 is 7.82 Å². The highest BCUT2D eigenvalue weighted by Gasteiger charge is 2.25. The van der Waals surface area contributed by atoms with E-state index in [2.05, 4.69) is 0 Å². The number of phosphoric ester groups is 1. The molecule has 0 bridgehead atoms. The fraction of sp³-hybridized carbons (Fsp3) is 0.500. The Morgan fingerprint density at radius 1 is 1.06 bits per heavy atom. The van der Waals surface area contributed by atoms with Crippen molar-refractivity contribution in [3.8, 4) is 5.75 Å². The lowest BCUT2D eigenvalue weighted by molar-refractivity contribution is 0.115. The summed E-state index contributed by atoms with van der Waals surface area (Å²) in [5.74, 6) is 0.678. The first-order valence-electron chi connectivity index (χ1n) is 5.80. The van der Waals surface area contributed by atoms with Gasteiger partial charge >= 0.3 is 7.82 Å². The van der Waals surface area contributed by atoms with Gasteiger partial charge in [-0.3, -0.25) is 13.6 Å². The summed E-state index contributed by atoms with van der Waals surface area (Å²) < 4.78 is 32.6. The van der Waals surface area contributed by atoms with Crippen molar-refractivity contribution in [2.45, 2.75) is 20.5 Å². The highest BCUT2D eigenvalue weighted by atomic mass is 31.2. The van der Waals surface area contributed by atoms with Crippen molar-refractivity contribution < 1.29 is 22.9 Å². The maximum atomic E-state index is 12.1. The Balaban J connectivity index is 2.69. The second-order valence-electron chi connectivity index (χ2n) is 3.37. The Kier molecular flexibility index (Phi) is 6.36. The third-order valence-corrected chi connectivity index (χ3v) is 3.74. The molecule has 0 aliphatic carbocycles. The lowest BCUT2D eigenvalue weighted by Gasteiger charge is -2.17. The van der Waals surface area contributed by atoms with Crippen LogP contribution in [0.1, 0.15) is 19.4 Å². The molecule has 5 nitrogen and oxygen atoms in total. The average molecular weight is 274 g/mol. The second kappa shape index (κ2) is 7.54. The van der Waals surface area contributed by atoms with E-state index in [0.717, 1.165) is 5.56 Å². The zero-order valence-electron chi connectivity index (χ0n) is 10.9. The van der Waals surface area contributed by atoms with Crippen LogP contribution in [0.5, 0.6) is 5.75 Å². The van der Waals surface area contributed by atoms with Gasteiger partial charge in [-0.05, 0) is 19.9 Å². The molecule has 102 valence electrons. The Morgan fingerprint density at radius 3 is 2.22 bits per heavy atom. The number of rotatable bonds is 8. The van der Waals surface area contributed by atoms with Gasteiger partial charge in [-0.1, -0.05) is 18.2 Å². The van der Waals surface area contributed by atoms with Gasteiger partial charge in [-0.2, -0.15) is 0 Å². The van der Waals surface area contributed by atoms with Crippen LogP contribution in [-0.2, 0) is 24.7 Å². The third kappa shape index (κ3) is 4.42. The van der Waals surface area contributed by atoms with Gasteiger partial charge in [0.2, 0.25) is 0 Å². The highest BCUT2D eigenvalue weighted by Crippen LogP contribution is 2.50. The number of hydrogen-bond donors (Lipinski definition) is 0. The molecule has 0 amide bonds. The van der Waals surface area contributed by atoms with Gasteiger partial charge in [0.15, 0.2) is 0 Å². The van der Waals surface area contributed by atoms with E-state index < -0.39 is 7.82 Å². The minimum Gasteiger partial charge on any atom is -0.496 e. The van der Waals surface area contributed by atoms with Crippen LogP contribution in [0, 0.1) is 0 Å². The molecule has 1 aromatic carbocycles.